The van der Waals surface area contributed by atoms with Gasteiger partial charge in [0.05, 0.1) is 12.1 Å². The fourth-order valence-electron chi connectivity index (χ4n) is 3.09. The zero-order valence-corrected chi connectivity index (χ0v) is 16.8. The molecule has 1 aliphatic heterocycles. The number of anilines is 1. The Morgan fingerprint density at radius 1 is 1.03 bits per heavy atom. The summed E-state index contributed by atoms with van der Waals surface area (Å²) in [7, 11) is 0. The molecule has 1 aliphatic rings. The van der Waals surface area contributed by atoms with Crippen molar-refractivity contribution in [3.8, 4) is 5.75 Å². The second-order valence-corrected chi connectivity index (χ2v) is 7.25. The van der Waals surface area contributed by atoms with Crippen molar-refractivity contribution in [3.05, 3.63) is 58.9 Å². The van der Waals surface area contributed by atoms with Gasteiger partial charge in [-0.1, -0.05) is 11.6 Å². The summed E-state index contributed by atoms with van der Waals surface area (Å²) in [5, 5.41) is 2.79. The molecule has 0 radical (unpaired) electrons. The third-order valence-corrected chi connectivity index (χ3v) is 4.80. The van der Waals surface area contributed by atoms with Crippen molar-refractivity contribution >= 4 is 29.1 Å². The van der Waals surface area contributed by atoms with Crippen molar-refractivity contribution in [2.24, 2.45) is 0 Å². The van der Waals surface area contributed by atoms with Gasteiger partial charge in [0.2, 0.25) is 5.91 Å². The molecule has 2 aromatic carbocycles. The number of benzene rings is 2. The van der Waals surface area contributed by atoms with Gasteiger partial charge in [-0.05, 0) is 42.5 Å². The maximum Gasteiger partial charge on any atom is 0.573 e. The summed E-state index contributed by atoms with van der Waals surface area (Å²) in [5.74, 6) is -1.87. The van der Waals surface area contributed by atoms with Gasteiger partial charge < -0.3 is 15.0 Å². The Labute approximate surface area is 180 Å². The number of hydrogen-bond donors (Lipinski definition) is 1. The van der Waals surface area contributed by atoms with Crippen LogP contribution in [0.1, 0.15) is 10.4 Å². The highest BCUT2D eigenvalue weighted by atomic mass is 35.5. The van der Waals surface area contributed by atoms with E-state index in [0.29, 0.717) is 31.9 Å². The van der Waals surface area contributed by atoms with E-state index in [2.05, 4.69) is 10.1 Å². The highest BCUT2D eigenvalue weighted by Crippen LogP contribution is 2.24. The van der Waals surface area contributed by atoms with Crippen LogP contribution in [0.5, 0.6) is 5.75 Å². The van der Waals surface area contributed by atoms with Crippen LogP contribution in [0.3, 0.4) is 0 Å². The van der Waals surface area contributed by atoms with E-state index in [9.17, 15) is 27.2 Å². The Bertz CT molecular complexity index is 946. The molecule has 0 spiro atoms. The number of carbonyl (C=O) groups excluding carboxylic acids is 2. The molecule has 1 fully saturated rings. The molecule has 1 saturated heterocycles. The van der Waals surface area contributed by atoms with Crippen LogP contribution in [0.15, 0.2) is 42.5 Å². The number of carbonyl (C=O) groups is 2. The van der Waals surface area contributed by atoms with E-state index in [1.54, 1.807) is 0 Å². The Kier molecular flexibility index (Phi) is 7.01. The van der Waals surface area contributed by atoms with Gasteiger partial charge in [0.25, 0.3) is 5.91 Å². The lowest BCUT2D eigenvalue weighted by Crippen LogP contribution is -2.50. The molecule has 0 aliphatic carbocycles. The highest BCUT2D eigenvalue weighted by molar-refractivity contribution is 6.30. The van der Waals surface area contributed by atoms with Crippen LogP contribution in [0.2, 0.25) is 5.02 Å². The Balaban J connectivity index is 1.47. The fraction of sp³-hybridized carbons (Fsp3) is 0.300. The molecule has 166 valence electrons. The highest BCUT2D eigenvalue weighted by Gasteiger charge is 2.31. The number of ether oxygens (including phenoxy) is 1. The molecule has 0 aromatic heterocycles. The quantitative estimate of drug-likeness (QED) is 0.691. The SMILES string of the molecule is O=C(CN1CCN(C(=O)c2ccc(Cl)cc2F)CC1)Nc1ccc(OC(F)(F)F)cc1. The summed E-state index contributed by atoms with van der Waals surface area (Å²) in [5.41, 5.74) is 0.264. The Morgan fingerprint density at radius 2 is 1.68 bits per heavy atom. The summed E-state index contributed by atoms with van der Waals surface area (Å²) in [4.78, 5) is 28.0. The molecule has 11 heteroatoms. The number of amides is 2. The van der Waals surface area contributed by atoms with E-state index < -0.39 is 18.1 Å². The molecule has 0 saturated carbocycles. The minimum atomic E-state index is -4.78. The number of halogens is 5. The number of piperazine rings is 1. The number of rotatable bonds is 5. The third-order valence-electron chi connectivity index (χ3n) is 4.56. The Morgan fingerprint density at radius 3 is 2.26 bits per heavy atom. The van der Waals surface area contributed by atoms with E-state index in [1.807, 2.05) is 4.90 Å². The molecule has 0 bridgehead atoms. The van der Waals surface area contributed by atoms with E-state index in [4.69, 9.17) is 11.6 Å². The summed E-state index contributed by atoms with van der Waals surface area (Å²) in [6.45, 7) is 1.49. The van der Waals surface area contributed by atoms with Crippen LogP contribution in [-0.4, -0.2) is 60.7 Å². The van der Waals surface area contributed by atoms with Gasteiger partial charge in [-0.15, -0.1) is 13.2 Å². The predicted octanol–water partition coefficient (Wildman–Crippen LogP) is 3.77. The maximum atomic E-state index is 14.0. The van der Waals surface area contributed by atoms with Gasteiger partial charge in [-0.3, -0.25) is 14.5 Å². The van der Waals surface area contributed by atoms with Crippen LogP contribution in [-0.2, 0) is 4.79 Å². The standard InChI is InChI=1S/C20H18ClF4N3O3/c21-13-1-6-16(17(22)11-13)19(30)28-9-7-27(8-10-28)12-18(29)26-14-2-4-15(5-3-14)31-20(23,24)25/h1-6,11H,7-10,12H2,(H,26,29). The van der Waals surface area contributed by atoms with Crippen molar-refractivity contribution in [1.29, 1.82) is 0 Å². The van der Waals surface area contributed by atoms with Crippen molar-refractivity contribution in [1.82, 2.24) is 9.80 Å². The minimum Gasteiger partial charge on any atom is -0.406 e. The Hall–Kier alpha value is -2.85. The van der Waals surface area contributed by atoms with E-state index in [1.165, 1.54) is 29.2 Å². The van der Waals surface area contributed by atoms with Crippen molar-refractivity contribution < 1.29 is 31.9 Å². The van der Waals surface area contributed by atoms with Crippen LogP contribution in [0.4, 0.5) is 23.2 Å². The number of nitrogens with zero attached hydrogens (tertiary/aromatic N) is 2. The van der Waals surface area contributed by atoms with Gasteiger partial charge in [0.1, 0.15) is 11.6 Å². The summed E-state index contributed by atoms with van der Waals surface area (Å²) in [6.07, 6.45) is -4.78. The molecule has 0 atom stereocenters. The number of alkyl halides is 3. The summed E-state index contributed by atoms with van der Waals surface area (Å²) < 4.78 is 54.3. The second-order valence-electron chi connectivity index (χ2n) is 6.81. The predicted molar refractivity (Wildman–Crippen MR) is 106 cm³/mol. The van der Waals surface area contributed by atoms with Crippen molar-refractivity contribution in [2.45, 2.75) is 6.36 Å². The van der Waals surface area contributed by atoms with E-state index in [-0.39, 0.29) is 28.8 Å². The average Bonchev–Trinajstić information content (AvgIpc) is 2.68. The molecule has 6 nitrogen and oxygen atoms in total. The molecule has 2 aromatic rings. The average molecular weight is 460 g/mol. The molecule has 0 unspecified atom stereocenters. The molecule has 3 rings (SSSR count). The molecular weight excluding hydrogens is 442 g/mol. The lowest BCUT2D eigenvalue weighted by molar-refractivity contribution is -0.274. The second kappa shape index (κ2) is 9.52. The van der Waals surface area contributed by atoms with E-state index >= 15 is 0 Å². The first-order valence-corrected chi connectivity index (χ1v) is 9.61. The number of hydrogen-bond acceptors (Lipinski definition) is 4. The van der Waals surface area contributed by atoms with Gasteiger partial charge >= 0.3 is 6.36 Å². The monoisotopic (exact) mass is 459 g/mol. The van der Waals surface area contributed by atoms with Gasteiger partial charge in [0, 0.05) is 36.9 Å². The summed E-state index contributed by atoms with van der Waals surface area (Å²) >= 11 is 5.71. The van der Waals surface area contributed by atoms with Crippen LogP contribution in [0, 0.1) is 5.82 Å². The largest absolute Gasteiger partial charge is 0.573 e. The first kappa shape index (κ1) is 22.8. The van der Waals surface area contributed by atoms with Crippen LogP contribution < -0.4 is 10.1 Å². The van der Waals surface area contributed by atoms with Crippen molar-refractivity contribution in [2.75, 3.05) is 38.0 Å². The van der Waals surface area contributed by atoms with Crippen LogP contribution >= 0.6 is 11.6 Å². The van der Waals surface area contributed by atoms with Crippen LogP contribution in [0.25, 0.3) is 0 Å². The topological polar surface area (TPSA) is 61.9 Å². The molecule has 2 amide bonds. The smallest absolute Gasteiger partial charge is 0.406 e. The lowest BCUT2D eigenvalue weighted by Gasteiger charge is -2.34. The number of nitrogens with one attached hydrogen (secondary N) is 1. The van der Waals surface area contributed by atoms with Crippen molar-refractivity contribution in [3.63, 3.8) is 0 Å². The molecular formula is C20H18ClF4N3O3. The lowest BCUT2D eigenvalue weighted by atomic mass is 10.1. The first-order valence-electron chi connectivity index (χ1n) is 9.23. The minimum absolute atomic E-state index is 0.0398. The molecule has 1 heterocycles. The molecule has 1 N–H and O–H groups in total. The van der Waals surface area contributed by atoms with Gasteiger partial charge in [-0.25, -0.2) is 4.39 Å². The molecule has 31 heavy (non-hydrogen) atoms. The van der Waals surface area contributed by atoms with Gasteiger partial charge in [-0.2, -0.15) is 0 Å². The van der Waals surface area contributed by atoms with Gasteiger partial charge in [0.15, 0.2) is 0 Å². The first-order chi connectivity index (χ1) is 14.6. The maximum absolute atomic E-state index is 14.0. The third kappa shape index (κ3) is 6.56. The van der Waals surface area contributed by atoms with E-state index in [0.717, 1.165) is 18.2 Å². The summed E-state index contributed by atoms with van der Waals surface area (Å²) in [6, 6.07) is 8.67. The zero-order chi connectivity index (χ0) is 22.6. The zero-order valence-electron chi connectivity index (χ0n) is 16.1. The normalized spacial score (nSPS) is 14.9. The fourth-order valence-corrected chi connectivity index (χ4v) is 3.24.